The summed E-state index contributed by atoms with van der Waals surface area (Å²) < 4.78 is 5.58. The van der Waals surface area contributed by atoms with Crippen molar-refractivity contribution in [3.63, 3.8) is 0 Å². The fraction of sp³-hybridized carbons (Fsp3) is 0.333. The summed E-state index contributed by atoms with van der Waals surface area (Å²) in [6, 6.07) is 13.7. The molecule has 0 N–H and O–H groups in total. The van der Waals surface area contributed by atoms with Gasteiger partial charge in [-0.25, -0.2) is 0 Å². The van der Waals surface area contributed by atoms with Gasteiger partial charge in [0.05, 0.1) is 13.2 Å². The number of rotatable bonds is 5. The summed E-state index contributed by atoms with van der Waals surface area (Å²) in [7, 11) is 0. The first-order valence-electron chi connectivity index (χ1n) is 7.62. The van der Waals surface area contributed by atoms with Gasteiger partial charge in [0.2, 0.25) is 0 Å². The number of pyridine rings is 1. The third-order valence-corrected chi connectivity index (χ3v) is 4.00. The zero-order valence-electron chi connectivity index (χ0n) is 12.5. The summed E-state index contributed by atoms with van der Waals surface area (Å²) in [4.78, 5) is 18.8. The van der Waals surface area contributed by atoms with Gasteiger partial charge in [-0.3, -0.25) is 14.7 Å². The van der Waals surface area contributed by atoms with Crippen LogP contribution in [0.1, 0.15) is 22.3 Å². The number of carbonyl (C=O) groups is 1. The molecular weight excluding hydrogens is 276 g/mol. The maximum atomic E-state index is 12.4. The van der Waals surface area contributed by atoms with E-state index in [1.165, 1.54) is 5.56 Å². The number of nitrogens with zero attached hydrogens (tertiary/aromatic N) is 2. The summed E-state index contributed by atoms with van der Waals surface area (Å²) in [5, 5.41) is 0. The predicted molar refractivity (Wildman–Crippen MR) is 84.6 cm³/mol. The summed E-state index contributed by atoms with van der Waals surface area (Å²) in [6.07, 6.45) is 4.11. The summed E-state index contributed by atoms with van der Waals surface area (Å²) in [6.45, 7) is 3.03. The summed E-state index contributed by atoms with van der Waals surface area (Å²) >= 11 is 0. The van der Waals surface area contributed by atoms with Gasteiger partial charge in [0.15, 0.2) is 5.78 Å². The molecule has 1 aliphatic rings. The van der Waals surface area contributed by atoms with E-state index in [0.29, 0.717) is 13.0 Å². The molecule has 0 radical (unpaired) electrons. The molecule has 0 spiro atoms. The summed E-state index contributed by atoms with van der Waals surface area (Å²) in [5.41, 5.74) is 1.99. The molecule has 2 heterocycles. The molecule has 22 heavy (non-hydrogen) atoms. The maximum Gasteiger partial charge on any atom is 0.164 e. The second-order valence-electron chi connectivity index (χ2n) is 5.55. The van der Waals surface area contributed by atoms with E-state index in [9.17, 15) is 4.79 Å². The first-order chi connectivity index (χ1) is 10.8. The average molecular weight is 296 g/mol. The van der Waals surface area contributed by atoms with E-state index in [4.69, 9.17) is 4.74 Å². The van der Waals surface area contributed by atoms with Crippen molar-refractivity contribution in [3.8, 4) is 0 Å². The summed E-state index contributed by atoms with van der Waals surface area (Å²) in [5.74, 6) is 0.177. The van der Waals surface area contributed by atoms with Gasteiger partial charge in [0.25, 0.3) is 0 Å². The quantitative estimate of drug-likeness (QED) is 0.795. The normalized spacial score (nSPS) is 19.0. The first kappa shape index (κ1) is 14.9. The van der Waals surface area contributed by atoms with Crippen LogP contribution < -0.4 is 0 Å². The highest BCUT2D eigenvalue weighted by molar-refractivity contribution is 5.96. The smallest absolute Gasteiger partial charge is 0.164 e. The van der Waals surface area contributed by atoms with Gasteiger partial charge < -0.3 is 4.74 Å². The zero-order chi connectivity index (χ0) is 15.2. The van der Waals surface area contributed by atoms with Gasteiger partial charge in [-0.05, 0) is 17.7 Å². The van der Waals surface area contributed by atoms with Gasteiger partial charge in [-0.1, -0.05) is 30.3 Å². The van der Waals surface area contributed by atoms with Crippen LogP contribution in [0.3, 0.4) is 0 Å². The van der Waals surface area contributed by atoms with Crippen LogP contribution >= 0.6 is 0 Å². The van der Waals surface area contributed by atoms with E-state index in [1.807, 2.05) is 42.5 Å². The second-order valence-corrected chi connectivity index (χ2v) is 5.55. The van der Waals surface area contributed by atoms with Gasteiger partial charge in [0, 0.05) is 43.5 Å². The van der Waals surface area contributed by atoms with E-state index >= 15 is 0 Å². The fourth-order valence-electron chi connectivity index (χ4n) is 2.76. The lowest BCUT2D eigenvalue weighted by molar-refractivity contribution is -0.0126. The van der Waals surface area contributed by atoms with Crippen molar-refractivity contribution in [2.75, 3.05) is 19.8 Å². The number of ketones is 1. The van der Waals surface area contributed by atoms with Crippen LogP contribution in [0.2, 0.25) is 0 Å². The Morgan fingerprint density at radius 1 is 1.18 bits per heavy atom. The van der Waals surface area contributed by atoms with Crippen molar-refractivity contribution in [2.24, 2.45) is 0 Å². The van der Waals surface area contributed by atoms with Crippen LogP contribution in [-0.4, -0.2) is 41.5 Å². The highest BCUT2D eigenvalue weighted by atomic mass is 16.5. The van der Waals surface area contributed by atoms with Crippen LogP contribution in [0.5, 0.6) is 0 Å². The molecule has 0 aliphatic carbocycles. The SMILES string of the molecule is O=C(CC1COCCN1Cc1ccncc1)c1ccccc1. The number of ether oxygens (including phenoxy) is 1. The van der Waals surface area contributed by atoms with Gasteiger partial charge in [-0.15, -0.1) is 0 Å². The number of hydrogen-bond acceptors (Lipinski definition) is 4. The second kappa shape index (κ2) is 7.29. The Morgan fingerprint density at radius 3 is 2.73 bits per heavy atom. The molecule has 114 valence electrons. The largest absolute Gasteiger partial charge is 0.378 e. The topological polar surface area (TPSA) is 42.4 Å². The van der Waals surface area contributed by atoms with E-state index < -0.39 is 0 Å². The van der Waals surface area contributed by atoms with Crippen molar-refractivity contribution in [2.45, 2.75) is 19.0 Å². The maximum absolute atomic E-state index is 12.4. The molecule has 0 amide bonds. The molecule has 2 aromatic rings. The predicted octanol–water partition coefficient (Wildman–Crippen LogP) is 2.56. The molecule has 1 fully saturated rings. The van der Waals surface area contributed by atoms with Gasteiger partial charge >= 0.3 is 0 Å². The van der Waals surface area contributed by atoms with Crippen molar-refractivity contribution in [3.05, 3.63) is 66.0 Å². The molecule has 1 unspecified atom stereocenters. The van der Waals surface area contributed by atoms with E-state index in [1.54, 1.807) is 12.4 Å². The van der Waals surface area contributed by atoms with E-state index in [2.05, 4.69) is 9.88 Å². The van der Waals surface area contributed by atoms with Crippen molar-refractivity contribution >= 4 is 5.78 Å². The van der Waals surface area contributed by atoms with Crippen LogP contribution in [0.25, 0.3) is 0 Å². The minimum absolute atomic E-state index is 0.134. The molecule has 4 heteroatoms. The van der Waals surface area contributed by atoms with Gasteiger partial charge in [-0.2, -0.15) is 0 Å². The van der Waals surface area contributed by atoms with Crippen LogP contribution in [0.4, 0.5) is 0 Å². The zero-order valence-corrected chi connectivity index (χ0v) is 12.5. The minimum atomic E-state index is 0.134. The Bertz CT molecular complexity index is 601. The Kier molecular flexibility index (Phi) is 4.93. The Morgan fingerprint density at radius 2 is 1.95 bits per heavy atom. The van der Waals surface area contributed by atoms with Gasteiger partial charge in [0.1, 0.15) is 0 Å². The van der Waals surface area contributed by atoms with E-state index in [-0.39, 0.29) is 11.8 Å². The number of hydrogen-bond donors (Lipinski definition) is 0. The molecule has 1 aromatic heterocycles. The highest BCUT2D eigenvalue weighted by Crippen LogP contribution is 2.17. The Balaban J connectivity index is 1.66. The molecule has 3 rings (SSSR count). The Labute approximate surface area is 130 Å². The van der Waals surface area contributed by atoms with Crippen LogP contribution in [0.15, 0.2) is 54.9 Å². The van der Waals surface area contributed by atoms with Crippen molar-refractivity contribution < 1.29 is 9.53 Å². The number of benzene rings is 1. The molecule has 0 saturated carbocycles. The Hall–Kier alpha value is -2.04. The monoisotopic (exact) mass is 296 g/mol. The molecule has 0 bridgehead atoms. The highest BCUT2D eigenvalue weighted by Gasteiger charge is 2.25. The standard InChI is InChI=1S/C18H20N2O2/c21-18(16-4-2-1-3-5-16)12-17-14-22-11-10-20(17)13-15-6-8-19-9-7-15/h1-9,17H,10-14H2. The number of Topliss-reactive ketones (excluding diaryl/α,β-unsaturated/α-hetero) is 1. The molecular formula is C18H20N2O2. The lowest BCUT2D eigenvalue weighted by Gasteiger charge is -2.35. The number of aromatic nitrogens is 1. The van der Waals surface area contributed by atoms with Crippen molar-refractivity contribution in [1.82, 2.24) is 9.88 Å². The third-order valence-electron chi connectivity index (χ3n) is 4.00. The van der Waals surface area contributed by atoms with Crippen molar-refractivity contribution in [1.29, 1.82) is 0 Å². The average Bonchev–Trinajstić information content (AvgIpc) is 2.58. The lowest BCUT2D eigenvalue weighted by Crippen LogP contribution is -2.45. The molecule has 1 saturated heterocycles. The fourth-order valence-corrected chi connectivity index (χ4v) is 2.76. The van der Waals surface area contributed by atoms with Crippen LogP contribution in [-0.2, 0) is 11.3 Å². The first-order valence-corrected chi connectivity index (χ1v) is 7.62. The lowest BCUT2D eigenvalue weighted by atomic mass is 10.0. The van der Waals surface area contributed by atoms with E-state index in [0.717, 1.165) is 25.3 Å². The number of morpholine rings is 1. The van der Waals surface area contributed by atoms with Crippen LogP contribution in [0, 0.1) is 0 Å². The third kappa shape index (κ3) is 3.78. The number of carbonyl (C=O) groups excluding carboxylic acids is 1. The molecule has 4 nitrogen and oxygen atoms in total. The molecule has 1 atom stereocenters. The molecule has 1 aromatic carbocycles. The molecule has 1 aliphatic heterocycles. The minimum Gasteiger partial charge on any atom is -0.378 e.